The molecule has 0 aliphatic rings. The monoisotopic (exact) mass is 366 g/mol. The van der Waals surface area contributed by atoms with Gasteiger partial charge < -0.3 is 5.32 Å². The lowest BCUT2D eigenvalue weighted by atomic mass is 10.1. The number of nitrogens with zero attached hydrogens (tertiary/aromatic N) is 1. The number of halogens is 1. The van der Waals surface area contributed by atoms with Gasteiger partial charge in [0.2, 0.25) is 10.0 Å². The number of hydrogen-bond acceptors (Lipinski definition) is 3. The second kappa shape index (κ2) is 7.23. The minimum Gasteiger partial charge on any atom is -0.346 e. The Kier molecular flexibility index (Phi) is 5.51. The fourth-order valence-corrected chi connectivity index (χ4v) is 2.98. The molecule has 0 heterocycles. The average Bonchev–Trinajstić information content (AvgIpc) is 2.54. The molecule has 0 unspecified atom stereocenters. The first-order valence-corrected chi connectivity index (χ1v) is 9.52. The molecule has 2 rings (SSSR count). The van der Waals surface area contributed by atoms with Gasteiger partial charge in [-0.1, -0.05) is 41.9 Å². The van der Waals surface area contributed by atoms with Crippen molar-refractivity contribution in [2.45, 2.75) is 13.0 Å². The van der Waals surface area contributed by atoms with Crippen LogP contribution in [0.3, 0.4) is 0 Å². The number of benzene rings is 2. The van der Waals surface area contributed by atoms with E-state index >= 15 is 0 Å². The Morgan fingerprint density at radius 3 is 2.38 bits per heavy atom. The molecule has 7 heteroatoms. The molecule has 0 saturated carbocycles. The summed E-state index contributed by atoms with van der Waals surface area (Å²) in [5.74, 6) is -0.300. The van der Waals surface area contributed by atoms with Crippen LogP contribution in [0, 0.1) is 0 Å². The molecular weight excluding hydrogens is 348 g/mol. The van der Waals surface area contributed by atoms with Crippen molar-refractivity contribution in [3.8, 4) is 0 Å². The van der Waals surface area contributed by atoms with Gasteiger partial charge in [0, 0.05) is 12.6 Å². The van der Waals surface area contributed by atoms with Crippen molar-refractivity contribution in [3.05, 3.63) is 64.7 Å². The second-order valence-corrected chi connectivity index (χ2v) is 7.92. The van der Waals surface area contributed by atoms with Crippen molar-refractivity contribution in [2.24, 2.45) is 0 Å². The lowest BCUT2D eigenvalue weighted by Gasteiger charge is -2.19. The Labute approximate surface area is 147 Å². The van der Waals surface area contributed by atoms with Crippen molar-refractivity contribution in [2.75, 3.05) is 17.6 Å². The average molecular weight is 367 g/mol. The third-order valence-corrected chi connectivity index (χ3v) is 5.20. The number of nitrogens with one attached hydrogen (secondary N) is 1. The van der Waals surface area contributed by atoms with Gasteiger partial charge >= 0.3 is 0 Å². The molecular formula is C17H19ClN2O3S. The summed E-state index contributed by atoms with van der Waals surface area (Å²) in [6.45, 7) is 1.88. The number of amides is 1. The van der Waals surface area contributed by atoms with Gasteiger partial charge in [0.05, 0.1) is 23.0 Å². The van der Waals surface area contributed by atoms with Gasteiger partial charge in [-0.3, -0.25) is 9.10 Å². The third kappa shape index (κ3) is 4.27. The molecule has 0 aliphatic carbocycles. The summed E-state index contributed by atoms with van der Waals surface area (Å²) < 4.78 is 24.4. The molecule has 24 heavy (non-hydrogen) atoms. The van der Waals surface area contributed by atoms with Crippen molar-refractivity contribution >= 4 is 33.2 Å². The molecule has 1 N–H and O–H groups in total. The van der Waals surface area contributed by atoms with Crippen LogP contribution in [-0.4, -0.2) is 27.6 Å². The zero-order valence-electron chi connectivity index (χ0n) is 13.7. The van der Waals surface area contributed by atoms with E-state index in [9.17, 15) is 13.2 Å². The largest absolute Gasteiger partial charge is 0.346 e. The molecule has 5 nitrogen and oxygen atoms in total. The topological polar surface area (TPSA) is 66.5 Å². The van der Waals surface area contributed by atoms with E-state index in [2.05, 4.69) is 5.32 Å². The summed E-state index contributed by atoms with van der Waals surface area (Å²) in [7, 11) is -2.08. The van der Waals surface area contributed by atoms with Gasteiger partial charge in [-0.05, 0) is 30.7 Å². The molecule has 128 valence electrons. The Morgan fingerprint density at radius 1 is 1.17 bits per heavy atom. The zero-order valence-corrected chi connectivity index (χ0v) is 15.2. The highest BCUT2D eigenvalue weighted by atomic mass is 35.5. The maximum Gasteiger partial charge on any atom is 0.251 e. The molecule has 0 radical (unpaired) electrons. The first-order valence-electron chi connectivity index (χ1n) is 7.29. The molecule has 0 bridgehead atoms. The quantitative estimate of drug-likeness (QED) is 0.883. The van der Waals surface area contributed by atoms with Crippen LogP contribution in [0.2, 0.25) is 5.02 Å². The number of hydrogen-bond donors (Lipinski definition) is 1. The van der Waals surface area contributed by atoms with E-state index in [-0.39, 0.29) is 22.7 Å². The van der Waals surface area contributed by atoms with Crippen LogP contribution in [0.4, 0.5) is 5.69 Å². The standard InChI is InChI=1S/C17H19ClN2O3S/c1-12(13-7-5-4-6-8-13)19-17(21)14-9-10-15(18)16(11-14)20(2)24(3,22)23/h4-12H,1-3H3,(H,19,21)/t12-/m0/s1. The minimum atomic E-state index is -3.47. The third-order valence-electron chi connectivity index (χ3n) is 3.69. The number of carbonyl (C=O) groups is 1. The zero-order chi connectivity index (χ0) is 17.9. The predicted molar refractivity (Wildman–Crippen MR) is 97.0 cm³/mol. The summed E-state index contributed by atoms with van der Waals surface area (Å²) in [5, 5.41) is 3.15. The maximum atomic E-state index is 12.4. The highest BCUT2D eigenvalue weighted by Crippen LogP contribution is 2.28. The van der Waals surface area contributed by atoms with Crippen LogP contribution in [0.25, 0.3) is 0 Å². The first kappa shape index (κ1) is 18.3. The summed E-state index contributed by atoms with van der Waals surface area (Å²) in [6, 6.07) is 13.9. The molecule has 0 saturated heterocycles. The van der Waals surface area contributed by atoms with Crippen molar-refractivity contribution in [3.63, 3.8) is 0 Å². The predicted octanol–water partition coefficient (Wildman–Crippen LogP) is 3.23. The van der Waals surface area contributed by atoms with E-state index in [0.717, 1.165) is 16.1 Å². The number of carbonyl (C=O) groups excluding carboxylic acids is 1. The van der Waals surface area contributed by atoms with E-state index < -0.39 is 10.0 Å². The Morgan fingerprint density at radius 2 is 1.79 bits per heavy atom. The first-order chi connectivity index (χ1) is 11.2. The van der Waals surface area contributed by atoms with Crippen LogP contribution in [0.5, 0.6) is 0 Å². The summed E-state index contributed by atoms with van der Waals surface area (Å²) in [5.41, 5.74) is 1.58. The van der Waals surface area contributed by atoms with Crippen LogP contribution in [0.1, 0.15) is 28.9 Å². The second-order valence-electron chi connectivity index (χ2n) is 5.50. The molecule has 0 fully saturated rings. The van der Waals surface area contributed by atoms with Crippen molar-refractivity contribution < 1.29 is 13.2 Å². The highest BCUT2D eigenvalue weighted by Gasteiger charge is 2.18. The van der Waals surface area contributed by atoms with Crippen LogP contribution < -0.4 is 9.62 Å². The maximum absolute atomic E-state index is 12.4. The Balaban J connectivity index is 2.24. The van der Waals surface area contributed by atoms with Gasteiger partial charge in [-0.25, -0.2) is 8.42 Å². The number of sulfonamides is 1. The van der Waals surface area contributed by atoms with Gasteiger partial charge in [-0.15, -0.1) is 0 Å². The van der Waals surface area contributed by atoms with Crippen molar-refractivity contribution in [1.82, 2.24) is 5.32 Å². The fourth-order valence-electron chi connectivity index (χ4n) is 2.18. The van der Waals surface area contributed by atoms with E-state index in [1.54, 1.807) is 6.07 Å². The minimum absolute atomic E-state index is 0.175. The molecule has 2 aromatic carbocycles. The molecule has 0 spiro atoms. The lowest BCUT2D eigenvalue weighted by molar-refractivity contribution is 0.0940. The number of rotatable bonds is 5. The van der Waals surface area contributed by atoms with Gasteiger partial charge in [-0.2, -0.15) is 0 Å². The van der Waals surface area contributed by atoms with E-state index in [1.165, 1.54) is 19.2 Å². The van der Waals surface area contributed by atoms with Crippen LogP contribution >= 0.6 is 11.6 Å². The van der Waals surface area contributed by atoms with E-state index in [1.807, 2.05) is 37.3 Å². The smallest absolute Gasteiger partial charge is 0.251 e. The van der Waals surface area contributed by atoms with Gasteiger partial charge in [0.15, 0.2) is 0 Å². The van der Waals surface area contributed by atoms with Crippen molar-refractivity contribution in [1.29, 1.82) is 0 Å². The molecule has 1 amide bonds. The fraction of sp³-hybridized carbons (Fsp3) is 0.235. The van der Waals surface area contributed by atoms with Gasteiger partial charge in [0.25, 0.3) is 5.91 Å². The van der Waals surface area contributed by atoms with E-state index in [0.29, 0.717) is 5.56 Å². The molecule has 2 aromatic rings. The van der Waals surface area contributed by atoms with Crippen LogP contribution in [0.15, 0.2) is 48.5 Å². The van der Waals surface area contributed by atoms with Gasteiger partial charge in [0.1, 0.15) is 0 Å². The van der Waals surface area contributed by atoms with E-state index in [4.69, 9.17) is 11.6 Å². The molecule has 0 aliphatic heterocycles. The normalized spacial score (nSPS) is 12.5. The Hall–Kier alpha value is -2.05. The summed E-state index contributed by atoms with van der Waals surface area (Å²) in [4.78, 5) is 12.4. The summed E-state index contributed by atoms with van der Waals surface area (Å²) in [6.07, 6.45) is 1.08. The number of anilines is 1. The lowest BCUT2D eigenvalue weighted by Crippen LogP contribution is -2.28. The van der Waals surface area contributed by atoms with Crippen LogP contribution in [-0.2, 0) is 10.0 Å². The Bertz CT molecular complexity index is 838. The SMILES string of the molecule is C[C@H](NC(=O)c1ccc(Cl)c(N(C)S(C)(=O)=O)c1)c1ccccc1. The summed E-state index contributed by atoms with van der Waals surface area (Å²) >= 11 is 6.07. The highest BCUT2D eigenvalue weighted by molar-refractivity contribution is 7.92. The molecule has 0 aromatic heterocycles. The molecule has 1 atom stereocenters.